The molecule has 0 fully saturated rings. The fourth-order valence-electron chi connectivity index (χ4n) is 1.94. The molecule has 0 atom stereocenters. The second-order valence-corrected chi connectivity index (χ2v) is 4.24. The number of rotatable bonds is 2. The Labute approximate surface area is 113 Å². The number of carbonyl (C=O) groups is 1. The maximum Gasteiger partial charge on any atom is 0.338 e. The van der Waals surface area contributed by atoms with Gasteiger partial charge in [0.2, 0.25) is 0 Å². The van der Waals surface area contributed by atoms with Gasteiger partial charge < -0.3 is 4.74 Å². The van der Waals surface area contributed by atoms with Gasteiger partial charge in [0.1, 0.15) is 0 Å². The van der Waals surface area contributed by atoms with Gasteiger partial charge in [0, 0.05) is 5.56 Å². The summed E-state index contributed by atoms with van der Waals surface area (Å²) in [7, 11) is 1.38. The summed E-state index contributed by atoms with van der Waals surface area (Å²) < 4.78 is 4.73. The van der Waals surface area contributed by atoms with Gasteiger partial charge in [0.25, 0.3) is 0 Å². The predicted octanol–water partition coefficient (Wildman–Crippen LogP) is 3.43. The molecule has 0 N–H and O–H groups in total. The van der Waals surface area contributed by atoms with Crippen molar-refractivity contribution in [2.75, 3.05) is 7.11 Å². The fraction of sp³-hybridized carbons (Fsp3) is 0.118. The molecule has 0 heterocycles. The summed E-state index contributed by atoms with van der Waals surface area (Å²) >= 11 is 0. The minimum absolute atomic E-state index is 0.313. The average Bonchev–Trinajstić information content (AvgIpc) is 2.46. The molecule has 0 unspecified atom stereocenters. The Morgan fingerprint density at radius 3 is 2.26 bits per heavy atom. The van der Waals surface area contributed by atoms with Crippen LogP contribution in [0.3, 0.4) is 0 Å². The lowest BCUT2D eigenvalue weighted by Gasteiger charge is -2.07. The van der Waals surface area contributed by atoms with Crippen LogP contribution in [-0.2, 0) is 4.74 Å². The summed E-state index contributed by atoms with van der Waals surface area (Å²) in [4.78, 5) is 11.5. The van der Waals surface area contributed by atoms with Crippen molar-refractivity contribution in [2.24, 2.45) is 0 Å². The number of hydrogen-bond acceptors (Lipinski definition) is 2. The number of carbonyl (C=O) groups excluding carboxylic acids is 1. The highest BCUT2D eigenvalue weighted by atomic mass is 16.5. The molecule has 0 saturated carbocycles. The highest BCUT2D eigenvalue weighted by Crippen LogP contribution is 2.23. The van der Waals surface area contributed by atoms with E-state index in [9.17, 15) is 4.79 Å². The third-order valence-corrected chi connectivity index (χ3v) is 3.02. The maximum atomic E-state index is 11.5. The minimum Gasteiger partial charge on any atom is -0.465 e. The zero-order chi connectivity index (χ0) is 13.8. The largest absolute Gasteiger partial charge is 0.465 e. The van der Waals surface area contributed by atoms with Crippen LogP contribution in [0.25, 0.3) is 11.1 Å². The van der Waals surface area contributed by atoms with E-state index in [-0.39, 0.29) is 5.97 Å². The number of methoxy groups -OCH3 is 1. The van der Waals surface area contributed by atoms with Gasteiger partial charge in [-0.15, -0.1) is 6.42 Å². The van der Waals surface area contributed by atoms with Gasteiger partial charge in [-0.25, -0.2) is 4.79 Å². The van der Waals surface area contributed by atoms with Crippen LogP contribution in [-0.4, -0.2) is 13.1 Å². The Morgan fingerprint density at radius 2 is 1.74 bits per heavy atom. The molecule has 0 aliphatic rings. The molecule has 2 aromatic rings. The van der Waals surface area contributed by atoms with E-state index in [0.717, 1.165) is 22.3 Å². The van der Waals surface area contributed by atoms with Gasteiger partial charge in [0.05, 0.1) is 12.7 Å². The summed E-state index contributed by atoms with van der Waals surface area (Å²) in [5.41, 5.74) is 4.45. The lowest BCUT2D eigenvalue weighted by molar-refractivity contribution is 0.0600. The summed E-state index contributed by atoms with van der Waals surface area (Å²) in [6, 6.07) is 13.4. The van der Waals surface area contributed by atoms with Gasteiger partial charge in [-0.3, -0.25) is 0 Å². The highest BCUT2D eigenvalue weighted by Gasteiger charge is 2.09. The molecule has 0 radical (unpaired) electrons. The Hall–Kier alpha value is -2.53. The molecule has 0 aromatic heterocycles. The molecule has 0 saturated heterocycles. The Bertz CT molecular complexity index is 646. The molecule has 2 rings (SSSR count). The number of aryl methyl sites for hydroxylation is 1. The molecule has 2 nitrogen and oxygen atoms in total. The molecule has 2 aromatic carbocycles. The molecule has 0 aliphatic carbocycles. The lowest BCUT2D eigenvalue weighted by Crippen LogP contribution is -2.03. The average molecular weight is 250 g/mol. The van der Waals surface area contributed by atoms with E-state index in [2.05, 4.69) is 5.92 Å². The van der Waals surface area contributed by atoms with Crippen LogP contribution >= 0.6 is 0 Å². The lowest BCUT2D eigenvalue weighted by atomic mass is 9.99. The van der Waals surface area contributed by atoms with Crippen molar-refractivity contribution in [2.45, 2.75) is 6.92 Å². The van der Waals surface area contributed by atoms with Crippen LogP contribution in [0.4, 0.5) is 0 Å². The molecule has 19 heavy (non-hydrogen) atoms. The van der Waals surface area contributed by atoms with Crippen LogP contribution < -0.4 is 0 Å². The van der Waals surface area contributed by atoms with Crippen molar-refractivity contribution < 1.29 is 9.53 Å². The second-order valence-electron chi connectivity index (χ2n) is 4.24. The first kappa shape index (κ1) is 12.9. The first-order chi connectivity index (χ1) is 9.15. The van der Waals surface area contributed by atoms with E-state index in [1.165, 1.54) is 7.11 Å². The van der Waals surface area contributed by atoms with Crippen molar-refractivity contribution in [3.8, 4) is 23.5 Å². The van der Waals surface area contributed by atoms with Gasteiger partial charge in [0.15, 0.2) is 0 Å². The number of esters is 1. The molecule has 0 amide bonds. The van der Waals surface area contributed by atoms with E-state index in [4.69, 9.17) is 11.2 Å². The molecule has 94 valence electrons. The third-order valence-electron chi connectivity index (χ3n) is 3.02. The summed E-state index contributed by atoms with van der Waals surface area (Å²) in [6.45, 7) is 1.89. The zero-order valence-corrected chi connectivity index (χ0v) is 10.9. The number of ether oxygens (including phenoxy) is 1. The quantitative estimate of drug-likeness (QED) is 0.603. The number of benzene rings is 2. The summed E-state index contributed by atoms with van der Waals surface area (Å²) in [5.74, 6) is 2.27. The summed E-state index contributed by atoms with van der Waals surface area (Å²) in [6.07, 6.45) is 5.33. The highest BCUT2D eigenvalue weighted by molar-refractivity contribution is 5.91. The van der Waals surface area contributed by atoms with E-state index in [0.29, 0.717) is 5.56 Å². The van der Waals surface area contributed by atoms with Crippen LogP contribution in [0.15, 0.2) is 42.5 Å². The Kier molecular flexibility index (Phi) is 3.68. The Morgan fingerprint density at radius 1 is 1.11 bits per heavy atom. The van der Waals surface area contributed by atoms with E-state index < -0.39 is 0 Å². The summed E-state index contributed by atoms with van der Waals surface area (Å²) in [5, 5.41) is 0. The van der Waals surface area contributed by atoms with Gasteiger partial charge in [-0.2, -0.15) is 0 Å². The van der Waals surface area contributed by atoms with Gasteiger partial charge in [-0.1, -0.05) is 30.2 Å². The molecule has 2 heteroatoms. The molecule has 0 spiro atoms. The fourth-order valence-corrected chi connectivity index (χ4v) is 1.94. The molecule has 0 bridgehead atoms. The van der Waals surface area contributed by atoms with Gasteiger partial charge >= 0.3 is 5.97 Å². The van der Waals surface area contributed by atoms with Crippen LogP contribution in [0.2, 0.25) is 0 Å². The van der Waals surface area contributed by atoms with Crippen molar-refractivity contribution in [3.05, 3.63) is 59.2 Å². The minimum atomic E-state index is -0.313. The van der Waals surface area contributed by atoms with Crippen LogP contribution in [0.5, 0.6) is 0 Å². The van der Waals surface area contributed by atoms with Crippen molar-refractivity contribution in [1.29, 1.82) is 0 Å². The smallest absolute Gasteiger partial charge is 0.338 e. The third kappa shape index (κ3) is 2.66. The zero-order valence-electron chi connectivity index (χ0n) is 10.9. The van der Waals surface area contributed by atoms with E-state index >= 15 is 0 Å². The second kappa shape index (κ2) is 5.41. The number of hydrogen-bond donors (Lipinski definition) is 0. The van der Waals surface area contributed by atoms with Crippen LogP contribution in [0.1, 0.15) is 21.5 Å². The predicted molar refractivity (Wildman–Crippen MR) is 75.9 cm³/mol. The van der Waals surface area contributed by atoms with E-state index in [1.807, 2.05) is 43.3 Å². The monoisotopic (exact) mass is 250 g/mol. The Balaban J connectivity index is 2.39. The first-order valence-electron chi connectivity index (χ1n) is 5.91. The maximum absolute atomic E-state index is 11.5. The van der Waals surface area contributed by atoms with E-state index in [1.54, 1.807) is 6.07 Å². The molecular formula is C17H14O2. The number of terminal acetylenes is 1. The van der Waals surface area contributed by atoms with Crippen LogP contribution in [0, 0.1) is 19.3 Å². The normalized spacial score (nSPS) is 9.74. The van der Waals surface area contributed by atoms with Crippen molar-refractivity contribution in [1.82, 2.24) is 0 Å². The standard InChI is InChI=1S/C17H14O2/c1-4-13-5-7-14(8-6-13)15-9-10-16(12(2)11-15)17(18)19-3/h1,5-11H,2-3H3. The first-order valence-corrected chi connectivity index (χ1v) is 5.91. The van der Waals surface area contributed by atoms with Crippen molar-refractivity contribution >= 4 is 5.97 Å². The molecular weight excluding hydrogens is 236 g/mol. The van der Waals surface area contributed by atoms with Crippen molar-refractivity contribution in [3.63, 3.8) is 0 Å². The van der Waals surface area contributed by atoms with Gasteiger partial charge in [-0.05, 0) is 41.8 Å². The topological polar surface area (TPSA) is 26.3 Å². The SMILES string of the molecule is C#Cc1ccc(-c2ccc(C(=O)OC)c(C)c2)cc1. The molecule has 0 aliphatic heterocycles.